The summed E-state index contributed by atoms with van der Waals surface area (Å²) in [7, 11) is 0. The molecule has 0 saturated carbocycles. The van der Waals surface area contributed by atoms with Crippen molar-refractivity contribution in [2.24, 2.45) is 0 Å². The predicted octanol–water partition coefficient (Wildman–Crippen LogP) is 2.45. The van der Waals surface area contributed by atoms with Crippen LogP contribution in [-0.2, 0) is 4.79 Å². The van der Waals surface area contributed by atoms with Gasteiger partial charge < -0.3 is 9.80 Å². The number of anilines is 1. The molecule has 0 bridgehead atoms. The van der Waals surface area contributed by atoms with Crippen LogP contribution >= 0.6 is 15.9 Å². The highest BCUT2D eigenvalue weighted by atomic mass is 79.9. The maximum absolute atomic E-state index is 11.7. The fourth-order valence-electron chi connectivity index (χ4n) is 2.67. The van der Waals surface area contributed by atoms with E-state index in [1.54, 1.807) is 6.20 Å². The van der Waals surface area contributed by atoms with Crippen LogP contribution in [-0.4, -0.2) is 47.0 Å². The van der Waals surface area contributed by atoms with Crippen LogP contribution < -0.4 is 4.90 Å². The van der Waals surface area contributed by atoms with Gasteiger partial charge in [0.1, 0.15) is 5.52 Å². The van der Waals surface area contributed by atoms with Gasteiger partial charge in [0.25, 0.3) is 0 Å². The second-order valence-electron chi connectivity index (χ2n) is 5.07. The largest absolute Gasteiger partial charge is 0.366 e. The average molecular weight is 349 g/mol. The molecule has 1 amide bonds. The first-order chi connectivity index (χ1) is 10.2. The molecule has 0 spiro atoms. The van der Waals surface area contributed by atoms with Crippen molar-refractivity contribution in [1.29, 1.82) is 0 Å². The van der Waals surface area contributed by atoms with Gasteiger partial charge in [0.15, 0.2) is 0 Å². The van der Waals surface area contributed by atoms with Crippen LogP contribution in [0.5, 0.6) is 0 Å². The van der Waals surface area contributed by atoms with E-state index in [0.717, 1.165) is 47.4 Å². The first-order valence-electron chi connectivity index (χ1n) is 7.12. The molecule has 0 atom stereocenters. The number of carbonyl (C=O) groups excluding carboxylic acids is 1. The fraction of sp³-hybridized carbons (Fsp3) is 0.400. The molecular weight excluding hydrogens is 332 g/mol. The van der Waals surface area contributed by atoms with Crippen LogP contribution in [0.1, 0.15) is 13.3 Å². The third-order valence-corrected chi connectivity index (χ3v) is 4.23. The summed E-state index contributed by atoms with van der Waals surface area (Å²) in [6.07, 6.45) is 4.19. The lowest BCUT2D eigenvalue weighted by Crippen LogP contribution is -2.48. The van der Waals surface area contributed by atoms with Crippen molar-refractivity contribution in [2.75, 3.05) is 31.1 Å². The number of nitrogens with zero attached hydrogens (tertiary/aromatic N) is 4. The summed E-state index contributed by atoms with van der Waals surface area (Å²) in [5.74, 6) is 0.233. The molecule has 0 aromatic carbocycles. The predicted molar refractivity (Wildman–Crippen MR) is 86.3 cm³/mol. The Morgan fingerprint density at radius 3 is 2.76 bits per heavy atom. The van der Waals surface area contributed by atoms with E-state index in [1.807, 2.05) is 30.2 Å². The van der Waals surface area contributed by atoms with E-state index in [1.165, 1.54) is 0 Å². The zero-order chi connectivity index (χ0) is 14.8. The minimum Gasteiger partial charge on any atom is -0.366 e. The minimum absolute atomic E-state index is 0.233. The van der Waals surface area contributed by atoms with Crippen molar-refractivity contribution in [1.82, 2.24) is 14.9 Å². The Hall–Kier alpha value is -1.69. The third kappa shape index (κ3) is 2.85. The van der Waals surface area contributed by atoms with Gasteiger partial charge in [-0.25, -0.2) is 0 Å². The summed E-state index contributed by atoms with van der Waals surface area (Å²) in [6, 6.07) is 3.98. The zero-order valence-electron chi connectivity index (χ0n) is 11.9. The molecule has 3 rings (SSSR count). The lowest BCUT2D eigenvalue weighted by atomic mass is 10.2. The van der Waals surface area contributed by atoms with Crippen molar-refractivity contribution in [3.05, 3.63) is 29.0 Å². The molecule has 2 aromatic rings. The van der Waals surface area contributed by atoms with Gasteiger partial charge in [-0.05, 0) is 28.1 Å². The molecule has 110 valence electrons. The Balaban J connectivity index is 1.84. The monoisotopic (exact) mass is 348 g/mol. The van der Waals surface area contributed by atoms with Gasteiger partial charge in [-0.2, -0.15) is 0 Å². The lowest BCUT2D eigenvalue weighted by Gasteiger charge is -2.36. The summed E-state index contributed by atoms with van der Waals surface area (Å²) >= 11 is 3.42. The van der Waals surface area contributed by atoms with Crippen LogP contribution in [0, 0.1) is 0 Å². The number of hydrogen-bond donors (Lipinski definition) is 0. The lowest BCUT2D eigenvalue weighted by molar-refractivity contribution is -0.131. The van der Waals surface area contributed by atoms with E-state index in [9.17, 15) is 4.79 Å². The molecule has 0 radical (unpaired) electrons. The highest BCUT2D eigenvalue weighted by molar-refractivity contribution is 9.10. The first-order valence-corrected chi connectivity index (χ1v) is 7.91. The Morgan fingerprint density at radius 2 is 2.05 bits per heavy atom. The number of pyridine rings is 2. The summed E-state index contributed by atoms with van der Waals surface area (Å²) in [5.41, 5.74) is 2.89. The summed E-state index contributed by atoms with van der Waals surface area (Å²) in [6.45, 7) is 5.12. The van der Waals surface area contributed by atoms with Crippen LogP contribution in [0.15, 0.2) is 29.0 Å². The quantitative estimate of drug-likeness (QED) is 0.836. The first kappa shape index (κ1) is 14.3. The van der Waals surface area contributed by atoms with E-state index in [-0.39, 0.29) is 5.91 Å². The Kier molecular flexibility index (Phi) is 4.05. The Morgan fingerprint density at radius 1 is 1.29 bits per heavy atom. The molecule has 3 heterocycles. The van der Waals surface area contributed by atoms with Gasteiger partial charge in [0, 0.05) is 49.5 Å². The maximum atomic E-state index is 11.7. The number of rotatable bonds is 2. The van der Waals surface area contributed by atoms with E-state index in [4.69, 9.17) is 0 Å². The molecule has 0 N–H and O–H groups in total. The number of amides is 1. The standard InChI is InChI=1S/C15H17BrN4O/c1-2-14(21)20-7-5-19(6-8-20)13-3-4-17-12-9-11(16)10-18-15(12)13/h3-4,9-10H,2,5-8H2,1H3. The highest BCUT2D eigenvalue weighted by Gasteiger charge is 2.21. The molecule has 6 heteroatoms. The van der Waals surface area contributed by atoms with Gasteiger partial charge in [0.05, 0.1) is 11.2 Å². The molecule has 1 saturated heterocycles. The molecular formula is C15H17BrN4O. The van der Waals surface area contributed by atoms with E-state index in [0.29, 0.717) is 6.42 Å². The van der Waals surface area contributed by atoms with Gasteiger partial charge in [-0.1, -0.05) is 6.92 Å². The summed E-state index contributed by atoms with van der Waals surface area (Å²) < 4.78 is 0.929. The van der Waals surface area contributed by atoms with Gasteiger partial charge in [-0.3, -0.25) is 14.8 Å². The van der Waals surface area contributed by atoms with E-state index >= 15 is 0 Å². The second kappa shape index (κ2) is 5.97. The summed E-state index contributed by atoms with van der Waals surface area (Å²) in [4.78, 5) is 24.8. The number of aromatic nitrogens is 2. The maximum Gasteiger partial charge on any atom is 0.222 e. The second-order valence-corrected chi connectivity index (χ2v) is 5.99. The molecule has 0 aliphatic carbocycles. The minimum atomic E-state index is 0.233. The fourth-order valence-corrected chi connectivity index (χ4v) is 2.99. The Labute approximate surface area is 132 Å². The van der Waals surface area contributed by atoms with Gasteiger partial charge in [-0.15, -0.1) is 0 Å². The van der Waals surface area contributed by atoms with Crippen LogP contribution in [0.25, 0.3) is 11.0 Å². The van der Waals surface area contributed by atoms with Crippen molar-refractivity contribution in [2.45, 2.75) is 13.3 Å². The molecule has 1 fully saturated rings. The normalized spacial score (nSPS) is 15.5. The topological polar surface area (TPSA) is 49.3 Å². The van der Waals surface area contributed by atoms with Crippen LogP contribution in [0.2, 0.25) is 0 Å². The molecule has 21 heavy (non-hydrogen) atoms. The number of hydrogen-bond acceptors (Lipinski definition) is 4. The molecule has 1 aliphatic rings. The smallest absolute Gasteiger partial charge is 0.222 e. The van der Waals surface area contributed by atoms with Crippen molar-refractivity contribution in [3.8, 4) is 0 Å². The van der Waals surface area contributed by atoms with Gasteiger partial charge >= 0.3 is 0 Å². The third-order valence-electron chi connectivity index (χ3n) is 3.80. The van der Waals surface area contributed by atoms with E-state index < -0.39 is 0 Å². The van der Waals surface area contributed by atoms with Crippen molar-refractivity contribution < 1.29 is 4.79 Å². The molecule has 2 aromatic heterocycles. The van der Waals surface area contributed by atoms with Crippen molar-refractivity contribution in [3.63, 3.8) is 0 Å². The number of halogens is 1. The van der Waals surface area contributed by atoms with Crippen LogP contribution in [0.4, 0.5) is 5.69 Å². The molecule has 0 unspecified atom stereocenters. The number of piperazine rings is 1. The zero-order valence-corrected chi connectivity index (χ0v) is 13.5. The van der Waals surface area contributed by atoms with E-state index in [2.05, 4.69) is 30.8 Å². The molecule has 5 nitrogen and oxygen atoms in total. The SMILES string of the molecule is CCC(=O)N1CCN(c2ccnc3cc(Br)cnc23)CC1. The molecule has 1 aliphatic heterocycles. The van der Waals surface area contributed by atoms with Crippen molar-refractivity contribution >= 4 is 38.6 Å². The average Bonchev–Trinajstić information content (AvgIpc) is 2.53. The van der Waals surface area contributed by atoms with Gasteiger partial charge in [0.2, 0.25) is 5.91 Å². The number of carbonyl (C=O) groups is 1. The highest BCUT2D eigenvalue weighted by Crippen LogP contribution is 2.26. The Bertz CT molecular complexity index is 668. The number of fused-ring (bicyclic) bond motifs is 1. The van der Waals surface area contributed by atoms with Crippen LogP contribution in [0.3, 0.4) is 0 Å². The summed E-state index contributed by atoms with van der Waals surface area (Å²) in [5, 5.41) is 0.